The van der Waals surface area contributed by atoms with Crippen molar-refractivity contribution in [3.8, 4) is 0 Å². The third-order valence-electron chi connectivity index (χ3n) is 4.25. The molecule has 2 aromatic heterocycles. The molecule has 2 heterocycles. The van der Waals surface area contributed by atoms with Gasteiger partial charge in [-0.05, 0) is 43.3 Å². The number of nitrogens with zero attached hydrogens (tertiary/aromatic N) is 3. The molecule has 1 N–H and O–H groups in total. The average Bonchev–Trinajstić information content (AvgIpc) is 2.88. The summed E-state index contributed by atoms with van der Waals surface area (Å²) in [6.45, 7) is 1.96. The summed E-state index contributed by atoms with van der Waals surface area (Å²) in [6, 6.07) is 15.0. The first-order valence-corrected chi connectivity index (χ1v) is 7.71. The smallest absolute Gasteiger partial charge is 0.256 e. The summed E-state index contributed by atoms with van der Waals surface area (Å²) in [5.74, 6) is 0.786. The molecule has 0 saturated carbocycles. The Hall–Kier alpha value is -3.21. The second kappa shape index (κ2) is 5.45. The van der Waals surface area contributed by atoms with Crippen molar-refractivity contribution in [1.82, 2.24) is 14.5 Å². The van der Waals surface area contributed by atoms with Crippen LogP contribution in [0.25, 0.3) is 21.9 Å². The van der Waals surface area contributed by atoms with Crippen molar-refractivity contribution in [1.29, 1.82) is 0 Å². The van der Waals surface area contributed by atoms with Crippen LogP contribution in [0, 0.1) is 6.92 Å². The molecule has 0 atom stereocenters. The molecule has 4 aromatic rings. The van der Waals surface area contributed by atoms with E-state index in [-0.39, 0.29) is 5.91 Å². The Balaban J connectivity index is 1.70. The number of pyridine rings is 1. The summed E-state index contributed by atoms with van der Waals surface area (Å²) in [5, 5.41) is 3.80. The van der Waals surface area contributed by atoms with E-state index in [1.54, 1.807) is 6.20 Å². The predicted molar refractivity (Wildman–Crippen MR) is 95.1 cm³/mol. The van der Waals surface area contributed by atoms with E-state index in [0.717, 1.165) is 33.4 Å². The number of aryl methyl sites for hydroxylation is 2. The zero-order valence-electron chi connectivity index (χ0n) is 13.4. The minimum Gasteiger partial charge on any atom is -0.331 e. The van der Waals surface area contributed by atoms with Gasteiger partial charge in [-0.3, -0.25) is 9.78 Å². The molecule has 118 valence electrons. The Morgan fingerprint density at radius 2 is 1.96 bits per heavy atom. The van der Waals surface area contributed by atoms with Gasteiger partial charge in [-0.25, -0.2) is 4.98 Å². The number of nitrogens with one attached hydrogen (secondary N) is 1. The third-order valence-corrected chi connectivity index (χ3v) is 4.25. The molecule has 4 rings (SSSR count). The van der Waals surface area contributed by atoms with Gasteiger partial charge in [0.05, 0.1) is 16.6 Å². The van der Waals surface area contributed by atoms with Crippen LogP contribution in [0.2, 0.25) is 0 Å². The predicted octanol–water partition coefficient (Wildman–Crippen LogP) is 3.68. The lowest BCUT2D eigenvalue weighted by Crippen LogP contribution is -2.12. The van der Waals surface area contributed by atoms with Crippen LogP contribution in [-0.2, 0) is 7.05 Å². The van der Waals surface area contributed by atoms with Crippen LogP contribution in [0.5, 0.6) is 0 Å². The molecule has 0 aliphatic heterocycles. The van der Waals surface area contributed by atoms with Crippen molar-refractivity contribution in [2.75, 3.05) is 5.32 Å². The zero-order valence-corrected chi connectivity index (χ0v) is 13.4. The Bertz CT molecular complexity index is 1080. The molecule has 5 nitrogen and oxygen atoms in total. The maximum Gasteiger partial charge on any atom is 0.256 e. The fourth-order valence-corrected chi connectivity index (χ4v) is 2.90. The summed E-state index contributed by atoms with van der Waals surface area (Å²) in [7, 11) is 1.98. The molecule has 0 radical (unpaired) electrons. The van der Waals surface area contributed by atoms with E-state index in [1.807, 2.05) is 67.1 Å². The lowest BCUT2D eigenvalue weighted by molar-refractivity contribution is 0.102. The molecule has 5 heteroatoms. The summed E-state index contributed by atoms with van der Waals surface area (Å²) >= 11 is 0. The Labute approximate surface area is 139 Å². The van der Waals surface area contributed by atoms with Crippen molar-refractivity contribution in [2.24, 2.45) is 7.05 Å². The number of rotatable bonds is 2. The summed E-state index contributed by atoms with van der Waals surface area (Å²) < 4.78 is 2.03. The molecule has 0 bridgehead atoms. The number of benzene rings is 2. The van der Waals surface area contributed by atoms with Crippen LogP contribution in [-0.4, -0.2) is 20.4 Å². The highest BCUT2D eigenvalue weighted by Gasteiger charge is 2.12. The maximum atomic E-state index is 12.7. The first-order valence-electron chi connectivity index (χ1n) is 7.71. The SMILES string of the molecule is Cc1nc2cc(NC(=O)c3cccc4ncccc34)ccc2n1C. The standard InChI is InChI=1S/C19H16N4O/c1-12-21-17-11-13(8-9-18(17)23(12)2)22-19(24)15-5-3-7-16-14(15)6-4-10-20-16/h3-11H,1-2H3,(H,22,24). The molecule has 0 saturated heterocycles. The molecule has 0 fully saturated rings. The largest absolute Gasteiger partial charge is 0.331 e. The quantitative estimate of drug-likeness (QED) is 0.613. The molecular weight excluding hydrogens is 300 g/mol. The number of carbonyl (C=O) groups excluding carboxylic acids is 1. The van der Waals surface area contributed by atoms with Crippen LogP contribution in [0.1, 0.15) is 16.2 Å². The van der Waals surface area contributed by atoms with Gasteiger partial charge < -0.3 is 9.88 Å². The molecule has 1 amide bonds. The number of anilines is 1. The van der Waals surface area contributed by atoms with E-state index >= 15 is 0 Å². The van der Waals surface area contributed by atoms with Crippen LogP contribution >= 0.6 is 0 Å². The fourth-order valence-electron chi connectivity index (χ4n) is 2.90. The molecule has 0 aliphatic rings. The lowest BCUT2D eigenvalue weighted by Gasteiger charge is -2.08. The van der Waals surface area contributed by atoms with Crippen LogP contribution in [0.15, 0.2) is 54.7 Å². The third kappa shape index (κ3) is 2.31. The average molecular weight is 316 g/mol. The number of imidazole rings is 1. The van der Waals surface area contributed by atoms with E-state index in [0.29, 0.717) is 5.56 Å². The number of carbonyl (C=O) groups is 1. The van der Waals surface area contributed by atoms with Crippen molar-refractivity contribution in [3.05, 3.63) is 66.1 Å². The maximum absolute atomic E-state index is 12.7. The monoisotopic (exact) mass is 316 g/mol. The fraction of sp³-hybridized carbons (Fsp3) is 0.105. The number of fused-ring (bicyclic) bond motifs is 2. The second-order valence-electron chi connectivity index (χ2n) is 5.75. The van der Waals surface area contributed by atoms with Gasteiger partial charge >= 0.3 is 0 Å². The summed E-state index contributed by atoms with van der Waals surface area (Å²) in [6.07, 6.45) is 1.72. The van der Waals surface area contributed by atoms with Crippen molar-refractivity contribution >= 4 is 33.5 Å². The van der Waals surface area contributed by atoms with Crippen molar-refractivity contribution in [3.63, 3.8) is 0 Å². The van der Waals surface area contributed by atoms with Gasteiger partial charge in [0, 0.05) is 29.9 Å². The minimum absolute atomic E-state index is 0.152. The highest BCUT2D eigenvalue weighted by atomic mass is 16.1. The zero-order chi connectivity index (χ0) is 16.7. The van der Waals surface area contributed by atoms with Gasteiger partial charge in [-0.2, -0.15) is 0 Å². The number of hydrogen-bond donors (Lipinski definition) is 1. The molecular formula is C19H16N4O. The number of hydrogen-bond acceptors (Lipinski definition) is 3. The normalized spacial score (nSPS) is 11.1. The van der Waals surface area contributed by atoms with Gasteiger partial charge in [0.15, 0.2) is 0 Å². The van der Waals surface area contributed by atoms with Gasteiger partial charge in [-0.15, -0.1) is 0 Å². The number of aromatic nitrogens is 3. The van der Waals surface area contributed by atoms with Crippen molar-refractivity contribution in [2.45, 2.75) is 6.92 Å². The van der Waals surface area contributed by atoms with Crippen LogP contribution in [0.4, 0.5) is 5.69 Å². The van der Waals surface area contributed by atoms with E-state index in [9.17, 15) is 4.79 Å². The van der Waals surface area contributed by atoms with Crippen LogP contribution < -0.4 is 5.32 Å². The van der Waals surface area contributed by atoms with Gasteiger partial charge in [0.25, 0.3) is 5.91 Å². The molecule has 0 spiro atoms. The summed E-state index contributed by atoms with van der Waals surface area (Å²) in [4.78, 5) is 21.5. The van der Waals surface area contributed by atoms with E-state index < -0.39 is 0 Å². The van der Waals surface area contributed by atoms with E-state index in [2.05, 4.69) is 15.3 Å². The molecule has 0 unspecified atom stereocenters. The Morgan fingerprint density at radius 1 is 1.08 bits per heavy atom. The highest BCUT2D eigenvalue weighted by Crippen LogP contribution is 2.21. The van der Waals surface area contributed by atoms with Crippen LogP contribution in [0.3, 0.4) is 0 Å². The second-order valence-corrected chi connectivity index (χ2v) is 5.75. The van der Waals surface area contributed by atoms with Gasteiger partial charge in [0.1, 0.15) is 5.82 Å². The first kappa shape index (κ1) is 14.4. The Morgan fingerprint density at radius 3 is 2.83 bits per heavy atom. The van der Waals surface area contributed by atoms with Crippen molar-refractivity contribution < 1.29 is 4.79 Å². The molecule has 2 aromatic carbocycles. The van der Waals surface area contributed by atoms with E-state index in [1.165, 1.54) is 0 Å². The van der Waals surface area contributed by atoms with Gasteiger partial charge in [-0.1, -0.05) is 12.1 Å². The van der Waals surface area contributed by atoms with E-state index in [4.69, 9.17) is 0 Å². The van der Waals surface area contributed by atoms with Gasteiger partial charge in [0.2, 0.25) is 0 Å². The highest BCUT2D eigenvalue weighted by molar-refractivity contribution is 6.12. The molecule has 24 heavy (non-hydrogen) atoms. The minimum atomic E-state index is -0.152. The Kier molecular flexibility index (Phi) is 3.27. The number of amides is 1. The summed E-state index contributed by atoms with van der Waals surface area (Å²) in [5.41, 5.74) is 4.05. The topological polar surface area (TPSA) is 59.8 Å². The lowest BCUT2D eigenvalue weighted by atomic mass is 10.1. The first-order chi connectivity index (χ1) is 11.6. The molecule has 0 aliphatic carbocycles.